The minimum Gasteiger partial charge on any atom is -0.206 e. The van der Waals surface area contributed by atoms with E-state index in [-0.39, 0.29) is 12.0 Å². The molecule has 0 saturated carbocycles. The van der Waals surface area contributed by atoms with E-state index >= 15 is 0 Å². The first-order valence-electron chi connectivity index (χ1n) is 9.84. The van der Waals surface area contributed by atoms with E-state index in [1.807, 2.05) is 37.3 Å². The first kappa shape index (κ1) is 20.1. The summed E-state index contributed by atoms with van der Waals surface area (Å²) in [5.41, 5.74) is 3.50. The van der Waals surface area contributed by atoms with Crippen molar-refractivity contribution in [2.45, 2.75) is 26.2 Å². The highest BCUT2D eigenvalue weighted by Gasteiger charge is 2.22. The normalized spacial score (nSPS) is 13.0. The largest absolute Gasteiger partial charge is 0.206 e. The summed E-state index contributed by atoms with van der Waals surface area (Å²) in [6, 6.07) is 12.4. The van der Waals surface area contributed by atoms with Gasteiger partial charge in [-0.05, 0) is 83.8 Å². The quantitative estimate of drug-likeness (QED) is 0.303. The van der Waals surface area contributed by atoms with E-state index in [2.05, 4.69) is 6.08 Å². The van der Waals surface area contributed by atoms with Gasteiger partial charge in [-0.3, -0.25) is 0 Å². The van der Waals surface area contributed by atoms with Crippen LogP contribution in [0.4, 0.5) is 17.6 Å². The average Bonchev–Trinajstić information content (AvgIpc) is 3.10. The number of hydrogen-bond donors (Lipinski definition) is 0. The molecule has 1 aliphatic rings. The van der Waals surface area contributed by atoms with Crippen molar-refractivity contribution in [1.29, 1.82) is 0 Å². The Morgan fingerprint density at radius 2 is 1.47 bits per heavy atom. The molecule has 0 aliphatic heterocycles. The van der Waals surface area contributed by atoms with Crippen LogP contribution in [0.1, 0.15) is 35.6 Å². The van der Waals surface area contributed by atoms with Crippen molar-refractivity contribution in [3.63, 3.8) is 0 Å². The molecule has 3 aromatic carbocycles. The summed E-state index contributed by atoms with van der Waals surface area (Å²) in [7, 11) is 0. The molecule has 0 N–H and O–H groups in total. The lowest BCUT2D eigenvalue weighted by molar-refractivity contribution is 0.507. The molecule has 0 bridgehead atoms. The van der Waals surface area contributed by atoms with Crippen LogP contribution in [0.25, 0.3) is 22.8 Å². The van der Waals surface area contributed by atoms with Gasteiger partial charge in [0.05, 0.1) is 0 Å². The SMILES string of the molecule is C/C=C/CCc1ccc(-c2cc(F)c(C3=Cc4cc(F)c(F)cc4C3)c(F)c2)cc1. The van der Waals surface area contributed by atoms with Gasteiger partial charge in [-0.2, -0.15) is 0 Å². The van der Waals surface area contributed by atoms with E-state index in [9.17, 15) is 17.6 Å². The molecule has 0 unspecified atom stereocenters. The summed E-state index contributed by atoms with van der Waals surface area (Å²) in [6.45, 7) is 1.98. The van der Waals surface area contributed by atoms with Gasteiger partial charge in [0.1, 0.15) is 11.6 Å². The maximum absolute atomic E-state index is 14.9. The zero-order valence-electron chi connectivity index (χ0n) is 16.5. The molecule has 0 heterocycles. The monoisotopic (exact) mass is 408 g/mol. The van der Waals surface area contributed by atoms with Crippen LogP contribution in [0.5, 0.6) is 0 Å². The maximum Gasteiger partial charge on any atom is 0.159 e. The number of fused-ring (bicyclic) bond motifs is 1. The van der Waals surface area contributed by atoms with E-state index in [0.717, 1.165) is 36.1 Å². The minimum atomic E-state index is -0.975. The molecule has 0 nitrogen and oxygen atoms in total. The molecule has 0 saturated heterocycles. The van der Waals surface area contributed by atoms with Gasteiger partial charge in [-0.25, -0.2) is 17.6 Å². The van der Waals surface area contributed by atoms with Crippen molar-refractivity contribution in [1.82, 2.24) is 0 Å². The zero-order valence-corrected chi connectivity index (χ0v) is 16.5. The average molecular weight is 408 g/mol. The number of hydrogen-bond acceptors (Lipinski definition) is 0. The molecule has 0 spiro atoms. The fraction of sp³-hybridized carbons (Fsp3) is 0.154. The molecule has 1 aliphatic carbocycles. The second kappa shape index (κ2) is 8.31. The summed E-state index contributed by atoms with van der Waals surface area (Å²) >= 11 is 0. The minimum absolute atomic E-state index is 0.153. The van der Waals surface area contributed by atoms with Gasteiger partial charge in [0.15, 0.2) is 11.6 Å². The van der Waals surface area contributed by atoms with Gasteiger partial charge >= 0.3 is 0 Å². The van der Waals surface area contributed by atoms with E-state index in [1.165, 1.54) is 18.2 Å². The Kier molecular flexibility index (Phi) is 5.58. The molecule has 0 fully saturated rings. The molecule has 30 heavy (non-hydrogen) atoms. The number of rotatable bonds is 5. The van der Waals surface area contributed by atoms with Gasteiger partial charge in [0.2, 0.25) is 0 Å². The standard InChI is InChI=1S/C26H20F4/c1-2-3-4-5-16-6-8-17(9-7-16)20-14-24(29)26(25(30)15-20)21-10-18-12-22(27)23(28)13-19(18)11-21/h2-3,6-10,12-15H,4-5,11H2,1H3/b3-2+. The smallest absolute Gasteiger partial charge is 0.159 e. The fourth-order valence-corrected chi connectivity index (χ4v) is 3.82. The fourth-order valence-electron chi connectivity index (χ4n) is 3.82. The molecule has 152 valence electrons. The topological polar surface area (TPSA) is 0 Å². The maximum atomic E-state index is 14.9. The highest BCUT2D eigenvalue weighted by Crippen LogP contribution is 2.36. The van der Waals surface area contributed by atoms with Crippen molar-refractivity contribution in [2.75, 3.05) is 0 Å². The van der Waals surface area contributed by atoms with Crippen LogP contribution < -0.4 is 0 Å². The third-order valence-electron chi connectivity index (χ3n) is 5.38. The third-order valence-corrected chi connectivity index (χ3v) is 5.38. The first-order chi connectivity index (χ1) is 14.5. The molecule has 0 aromatic heterocycles. The lowest BCUT2D eigenvalue weighted by atomic mass is 9.97. The Hall–Kier alpha value is -3.14. The summed E-state index contributed by atoms with van der Waals surface area (Å²) in [5.74, 6) is -3.32. The predicted octanol–water partition coefficient (Wildman–Crippen LogP) is 7.52. The van der Waals surface area contributed by atoms with Gasteiger partial charge in [0, 0.05) is 5.56 Å². The van der Waals surface area contributed by atoms with E-state index in [1.54, 1.807) is 0 Å². The van der Waals surface area contributed by atoms with Crippen LogP contribution in [0.15, 0.2) is 60.7 Å². The van der Waals surface area contributed by atoms with E-state index < -0.39 is 23.3 Å². The van der Waals surface area contributed by atoms with Crippen molar-refractivity contribution in [3.8, 4) is 11.1 Å². The summed E-state index contributed by atoms with van der Waals surface area (Å²) < 4.78 is 56.7. The Labute approximate surface area is 173 Å². The number of allylic oxidation sites excluding steroid dienone is 3. The lowest BCUT2D eigenvalue weighted by Gasteiger charge is -2.10. The zero-order chi connectivity index (χ0) is 21.3. The van der Waals surface area contributed by atoms with Crippen LogP contribution in [0.3, 0.4) is 0 Å². The van der Waals surface area contributed by atoms with Crippen LogP contribution in [-0.4, -0.2) is 0 Å². The summed E-state index contributed by atoms with van der Waals surface area (Å²) in [4.78, 5) is 0. The number of benzene rings is 3. The Balaban J connectivity index is 1.61. The molecule has 0 atom stereocenters. The predicted molar refractivity (Wildman–Crippen MR) is 113 cm³/mol. The molecular weight excluding hydrogens is 388 g/mol. The van der Waals surface area contributed by atoms with Gasteiger partial charge in [-0.15, -0.1) is 0 Å². The Morgan fingerprint density at radius 1 is 0.800 bits per heavy atom. The molecule has 4 rings (SSSR count). The highest BCUT2D eigenvalue weighted by atomic mass is 19.2. The third kappa shape index (κ3) is 3.95. The molecular formula is C26H20F4. The second-order valence-electron chi connectivity index (χ2n) is 7.43. The van der Waals surface area contributed by atoms with Crippen molar-refractivity contribution in [2.24, 2.45) is 0 Å². The Bertz CT molecular complexity index is 1130. The van der Waals surface area contributed by atoms with E-state index in [4.69, 9.17) is 0 Å². The van der Waals surface area contributed by atoms with Crippen molar-refractivity contribution >= 4 is 11.6 Å². The first-order valence-corrected chi connectivity index (χ1v) is 9.84. The lowest BCUT2D eigenvalue weighted by Crippen LogP contribution is -1.97. The van der Waals surface area contributed by atoms with Gasteiger partial charge in [-0.1, -0.05) is 42.5 Å². The highest BCUT2D eigenvalue weighted by molar-refractivity contribution is 5.89. The van der Waals surface area contributed by atoms with Gasteiger partial charge in [0.25, 0.3) is 0 Å². The number of halogens is 4. The van der Waals surface area contributed by atoms with Crippen molar-refractivity contribution < 1.29 is 17.6 Å². The van der Waals surface area contributed by atoms with E-state index in [0.29, 0.717) is 22.3 Å². The van der Waals surface area contributed by atoms with Crippen LogP contribution in [-0.2, 0) is 12.8 Å². The van der Waals surface area contributed by atoms with Crippen molar-refractivity contribution in [3.05, 3.63) is 106 Å². The molecule has 0 radical (unpaired) electrons. The Morgan fingerprint density at radius 3 is 2.13 bits per heavy atom. The van der Waals surface area contributed by atoms with Crippen LogP contribution in [0.2, 0.25) is 0 Å². The molecule has 3 aromatic rings. The molecule has 0 amide bonds. The summed E-state index contributed by atoms with van der Waals surface area (Å²) in [6.07, 6.45) is 7.61. The van der Waals surface area contributed by atoms with Crippen LogP contribution in [0, 0.1) is 23.3 Å². The summed E-state index contributed by atoms with van der Waals surface area (Å²) in [5, 5.41) is 0. The van der Waals surface area contributed by atoms with Crippen LogP contribution >= 0.6 is 0 Å². The van der Waals surface area contributed by atoms with Gasteiger partial charge < -0.3 is 0 Å². The molecule has 4 heteroatoms. The second-order valence-corrected chi connectivity index (χ2v) is 7.43. The number of aryl methyl sites for hydroxylation is 1.